The summed E-state index contributed by atoms with van der Waals surface area (Å²) in [6.45, 7) is 8.28. The maximum absolute atomic E-state index is 11.3. The highest BCUT2D eigenvalue weighted by molar-refractivity contribution is 5.81. The summed E-state index contributed by atoms with van der Waals surface area (Å²) in [6.07, 6.45) is 8.07. The van der Waals surface area contributed by atoms with Crippen LogP contribution in [0, 0.1) is 5.92 Å². The van der Waals surface area contributed by atoms with Crippen LogP contribution in [0.5, 0.6) is 0 Å². The molecule has 106 valence electrons. The second-order valence-electron chi connectivity index (χ2n) is 5.56. The van der Waals surface area contributed by atoms with Crippen LogP contribution in [-0.4, -0.2) is 23.3 Å². The number of hydrogen-bond donors (Lipinski definition) is 1. The molecule has 0 aromatic carbocycles. The van der Waals surface area contributed by atoms with Crippen LogP contribution in [0.25, 0.3) is 0 Å². The van der Waals surface area contributed by atoms with Crippen LogP contribution in [0.4, 0.5) is 0 Å². The van der Waals surface area contributed by atoms with Crippen molar-refractivity contribution in [3.05, 3.63) is 12.2 Å². The molecule has 3 nitrogen and oxygen atoms in total. The molecule has 0 saturated heterocycles. The summed E-state index contributed by atoms with van der Waals surface area (Å²) in [6, 6.07) is 0. The minimum atomic E-state index is -0.595. The molecule has 0 saturated carbocycles. The van der Waals surface area contributed by atoms with Crippen LogP contribution in [0.15, 0.2) is 12.2 Å². The van der Waals surface area contributed by atoms with Gasteiger partial charge in [-0.25, -0.2) is 4.79 Å². The first-order valence-electron chi connectivity index (χ1n) is 6.92. The molecule has 0 fully saturated rings. The number of rotatable bonds is 9. The largest absolute Gasteiger partial charge is 0.463 e. The lowest BCUT2D eigenvalue weighted by Crippen LogP contribution is -2.18. The van der Waals surface area contributed by atoms with E-state index >= 15 is 0 Å². The quantitative estimate of drug-likeness (QED) is 0.390. The Morgan fingerprint density at radius 1 is 1.39 bits per heavy atom. The van der Waals surface area contributed by atoms with E-state index in [1.807, 2.05) is 19.9 Å². The van der Waals surface area contributed by atoms with Crippen molar-refractivity contribution >= 4 is 5.97 Å². The van der Waals surface area contributed by atoms with Crippen LogP contribution in [0.1, 0.15) is 59.8 Å². The number of allylic oxidation sites excluding steroid dienone is 1. The Balaban J connectivity index is 3.72. The lowest BCUT2D eigenvalue weighted by atomic mass is 9.97. The zero-order chi connectivity index (χ0) is 14.0. The van der Waals surface area contributed by atoms with E-state index in [2.05, 4.69) is 13.8 Å². The number of carbonyl (C=O) groups excluding carboxylic acids is 1. The Kier molecular flexibility index (Phi) is 8.73. The van der Waals surface area contributed by atoms with Crippen molar-refractivity contribution in [2.24, 2.45) is 5.92 Å². The molecule has 0 heterocycles. The van der Waals surface area contributed by atoms with Crippen LogP contribution in [0.3, 0.4) is 0 Å². The molecule has 0 amide bonds. The van der Waals surface area contributed by atoms with Gasteiger partial charge in [0.25, 0.3) is 0 Å². The van der Waals surface area contributed by atoms with Gasteiger partial charge in [-0.15, -0.1) is 0 Å². The average Bonchev–Trinajstić information content (AvgIpc) is 2.25. The number of carbonyl (C=O) groups is 1. The fourth-order valence-corrected chi connectivity index (χ4v) is 1.56. The maximum Gasteiger partial charge on any atom is 0.330 e. The Morgan fingerprint density at radius 3 is 2.61 bits per heavy atom. The summed E-state index contributed by atoms with van der Waals surface area (Å²) in [7, 11) is 0. The van der Waals surface area contributed by atoms with E-state index < -0.39 is 5.60 Å². The van der Waals surface area contributed by atoms with Gasteiger partial charge in [-0.05, 0) is 39.0 Å². The number of aliphatic hydroxyl groups is 1. The summed E-state index contributed by atoms with van der Waals surface area (Å²) in [5, 5.41) is 9.58. The normalized spacial score (nSPS) is 13.8. The lowest BCUT2D eigenvalue weighted by molar-refractivity contribution is -0.137. The third-order valence-electron chi connectivity index (χ3n) is 2.75. The minimum absolute atomic E-state index is 0.252. The highest BCUT2D eigenvalue weighted by Gasteiger charge is 2.12. The van der Waals surface area contributed by atoms with Crippen molar-refractivity contribution in [3.8, 4) is 0 Å². The second-order valence-corrected chi connectivity index (χ2v) is 5.56. The average molecular weight is 256 g/mol. The number of hydrogen-bond acceptors (Lipinski definition) is 3. The summed E-state index contributed by atoms with van der Waals surface area (Å²) >= 11 is 0. The van der Waals surface area contributed by atoms with Gasteiger partial charge in [-0.1, -0.05) is 32.8 Å². The monoisotopic (exact) mass is 256 g/mol. The SMILES string of the molecule is CCCCOC(=O)C=CC(C)CCCC(C)(C)O. The van der Waals surface area contributed by atoms with Crippen molar-refractivity contribution in [1.82, 2.24) is 0 Å². The van der Waals surface area contributed by atoms with Crippen molar-refractivity contribution in [2.45, 2.75) is 65.4 Å². The molecule has 1 unspecified atom stereocenters. The van der Waals surface area contributed by atoms with Crippen LogP contribution < -0.4 is 0 Å². The van der Waals surface area contributed by atoms with Crippen molar-refractivity contribution in [2.75, 3.05) is 6.61 Å². The van der Waals surface area contributed by atoms with Crippen molar-refractivity contribution in [1.29, 1.82) is 0 Å². The molecule has 1 atom stereocenters. The van der Waals surface area contributed by atoms with Crippen molar-refractivity contribution < 1.29 is 14.6 Å². The third-order valence-corrected chi connectivity index (χ3v) is 2.75. The molecule has 0 spiro atoms. The molecule has 0 aromatic rings. The molecule has 3 heteroatoms. The van der Waals surface area contributed by atoms with E-state index in [9.17, 15) is 9.90 Å². The van der Waals surface area contributed by atoms with Gasteiger partial charge in [0.1, 0.15) is 0 Å². The smallest absolute Gasteiger partial charge is 0.330 e. The van der Waals surface area contributed by atoms with Gasteiger partial charge in [0, 0.05) is 6.08 Å². The van der Waals surface area contributed by atoms with E-state index in [0.717, 1.165) is 32.1 Å². The Hall–Kier alpha value is -0.830. The maximum atomic E-state index is 11.3. The predicted molar refractivity (Wildman–Crippen MR) is 74.3 cm³/mol. The van der Waals surface area contributed by atoms with E-state index in [4.69, 9.17) is 4.74 Å². The van der Waals surface area contributed by atoms with Gasteiger partial charge in [0.05, 0.1) is 12.2 Å². The Bertz CT molecular complexity index is 251. The molecular weight excluding hydrogens is 228 g/mol. The van der Waals surface area contributed by atoms with Crippen LogP contribution >= 0.6 is 0 Å². The van der Waals surface area contributed by atoms with E-state index in [-0.39, 0.29) is 5.97 Å². The highest BCUT2D eigenvalue weighted by atomic mass is 16.5. The van der Waals surface area contributed by atoms with Gasteiger partial charge in [0.2, 0.25) is 0 Å². The molecule has 18 heavy (non-hydrogen) atoms. The Morgan fingerprint density at radius 2 is 2.06 bits per heavy atom. The summed E-state index contributed by atoms with van der Waals surface area (Å²) in [4.78, 5) is 11.3. The molecule has 0 radical (unpaired) electrons. The molecule has 1 N–H and O–H groups in total. The van der Waals surface area contributed by atoms with E-state index in [1.54, 1.807) is 0 Å². The third kappa shape index (κ3) is 11.6. The topological polar surface area (TPSA) is 46.5 Å². The number of ether oxygens (including phenoxy) is 1. The van der Waals surface area contributed by atoms with Gasteiger partial charge in [0.15, 0.2) is 0 Å². The highest BCUT2D eigenvalue weighted by Crippen LogP contribution is 2.16. The standard InChI is InChI=1S/C15H28O3/c1-5-6-12-18-14(16)10-9-13(2)8-7-11-15(3,4)17/h9-10,13,17H,5-8,11-12H2,1-4H3. The Labute approximate surface area is 111 Å². The first kappa shape index (κ1) is 17.2. The van der Waals surface area contributed by atoms with Gasteiger partial charge < -0.3 is 9.84 Å². The fraction of sp³-hybridized carbons (Fsp3) is 0.800. The van der Waals surface area contributed by atoms with Gasteiger partial charge in [-0.2, -0.15) is 0 Å². The van der Waals surface area contributed by atoms with Crippen LogP contribution in [-0.2, 0) is 9.53 Å². The molecule has 0 aromatic heterocycles. The zero-order valence-corrected chi connectivity index (χ0v) is 12.2. The van der Waals surface area contributed by atoms with E-state index in [1.165, 1.54) is 6.08 Å². The van der Waals surface area contributed by atoms with E-state index in [0.29, 0.717) is 12.5 Å². The lowest BCUT2D eigenvalue weighted by Gasteiger charge is -2.17. The fourth-order valence-electron chi connectivity index (χ4n) is 1.56. The zero-order valence-electron chi connectivity index (χ0n) is 12.2. The molecule has 0 aliphatic heterocycles. The second kappa shape index (κ2) is 9.15. The minimum Gasteiger partial charge on any atom is -0.463 e. The van der Waals surface area contributed by atoms with Gasteiger partial charge >= 0.3 is 5.97 Å². The van der Waals surface area contributed by atoms with Crippen LogP contribution in [0.2, 0.25) is 0 Å². The molecule has 0 aliphatic rings. The van der Waals surface area contributed by atoms with Gasteiger partial charge in [-0.3, -0.25) is 0 Å². The summed E-state index contributed by atoms with van der Waals surface area (Å²) < 4.78 is 5.03. The molecule has 0 rings (SSSR count). The summed E-state index contributed by atoms with van der Waals surface area (Å²) in [5.74, 6) is 0.0869. The number of esters is 1. The predicted octanol–water partition coefficient (Wildman–Crippen LogP) is 3.46. The molecule has 0 bridgehead atoms. The molecular formula is C15H28O3. The van der Waals surface area contributed by atoms with Crippen molar-refractivity contribution in [3.63, 3.8) is 0 Å². The number of unbranched alkanes of at least 4 members (excludes halogenated alkanes) is 1. The first-order chi connectivity index (χ1) is 8.35. The summed E-state index contributed by atoms with van der Waals surface area (Å²) in [5.41, 5.74) is -0.595. The molecule has 0 aliphatic carbocycles. The first-order valence-corrected chi connectivity index (χ1v) is 6.92.